The van der Waals surface area contributed by atoms with Crippen LogP contribution in [0, 0.1) is 0 Å². The fourth-order valence-corrected chi connectivity index (χ4v) is 3.20. The second-order valence-corrected chi connectivity index (χ2v) is 7.24. The third-order valence-corrected chi connectivity index (χ3v) is 4.83. The highest BCUT2D eigenvalue weighted by molar-refractivity contribution is 6.31. The van der Waals surface area contributed by atoms with Crippen LogP contribution in [0.1, 0.15) is 15.9 Å². The molecule has 0 bridgehead atoms. The van der Waals surface area contributed by atoms with Crippen LogP contribution < -0.4 is 14.8 Å². The number of anilines is 1. The molecule has 1 amide bonds. The summed E-state index contributed by atoms with van der Waals surface area (Å²) < 4.78 is 13.2. The number of benzene rings is 3. The molecule has 6 nitrogen and oxygen atoms in total. The molecule has 1 heterocycles. The number of rotatable bonds is 7. The molecule has 0 radical (unpaired) electrons. The van der Waals surface area contributed by atoms with Gasteiger partial charge >= 0.3 is 0 Å². The minimum Gasteiger partial charge on any atom is -0.497 e. The van der Waals surface area contributed by atoms with Crippen molar-refractivity contribution in [2.45, 2.75) is 6.54 Å². The van der Waals surface area contributed by atoms with Gasteiger partial charge in [0.1, 0.15) is 11.5 Å². The summed E-state index contributed by atoms with van der Waals surface area (Å²) in [5.41, 5.74) is 2.07. The van der Waals surface area contributed by atoms with Crippen molar-refractivity contribution >= 4 is 23.2 Å². The van der Waals surface area contributed by atoms with Gasteiger partial charge in [-0.25, -0.2) is 4.98 Å². The first-order valence-electron chi connectivity index (χ1n) is 9.58. The number of methoxy groups -OCH3 is 1. The topological polar surface area (TPSA) is 65.4 Å². The van der Waals surface area contributed by atoms with Crippen molar-refractivity contribution in [1.29, 1.82) is 0 Å². The Morgan fingerprint density at radius 1 is 1.06 bits per heavy atom. The molecule has 0 aliphatic rings. The van der Waals surface area contributed by atoms with Gasteiger partial charge in [0.25, 0.3) is 5.91 Å². The van der Waals surface area contributed by atoms with Crippen molar-refractivity contribution in [3.63, 3.8) is 0 Å². The molecule has 0 saturated carbocycles. The number of halogens is 1. The average Bonchev–Trinajstić information content (AvgIpc) is 3.29. The zero-order valence-corrected chi connectivity index (χ0v) is 17.5. The van der Waals surface area contributed by atoms with Gasteiger partial charge in [-0.1, -0.05) is 29.8 Å². The smallest absolute Gasteiger partial charge is 0.255 e. The maximum Gasteiger partial charge on any atom is 0.255 e. The minimum absolute atomic E-state index is 0.257. The number of imidazole rings is 1. The number of amides is 1. The summed E-state index contributed by atoms with van der Waals surface area (Å²) in [4.78, 5) is 16.8. The van der Waals surface area contributed by atoms with E-state index in [1.807, 2.05) is 41.1 Å². The molecule has 3 aromatic carbocycles. The van der Waals surface area contributed by atoms with Crippen LogP contribution in [0.4, 0.5) is 5.69 Å². The summed E-state index contributed by atoms with van der Waals surface area (Å²) in [6.07, 6.45) is 5.38. The van der Waals surface area contributed by atoms with Crippen LogP contribution in [0.3, 0.4) is 0 Å². The molecule has 31 heavy (non-hydrogen) atoms. The van der Waals surface area contributed by atoms with Gasteiger partial charge in [0.15, 0.2) is 5.75 Å². The quantitative estimate of drug-likeness (QED) is 0.409. The van der Waals surface area contributed by atoms with E-state index in [1.165, 1.54) is 0 Å². The molecule has 4 rings (SSSR count). The van der Waals surface area contributed by atoms with E-state index in [4.69, 9.17) is 21.1 Å². The van der Waals surface area contributed by atoms with Crippen LogP contribution in [0.25, 0.3) is 0 Å². The highest BCUT2D eigenvalue weighted by Crippen LogP contribution is 2.33. The summed E-state index contributed by atoms with van der Waals surface area (Å²) in [6.45, 7) is 0.689. The molecule has 0 spiro atoms. The maximum absolute atomic E-state index is 12.8. The number of ether oxygens (including phenoxy) is 2. The number of nitrogens with one attached hydrogen (secondary N) is 1. The highest BCUT2D eigenvalue weighted by atomic mass is 35.5. The lowest BCUT2D eigenvalue weighted by molar-refractivity contribution is 0.102. The van der Waals surface area contributed by atoms with Gasteiger partial charge in [-0.15, -0.1) is 0 Å². The molecule has 7 heteroatoms. The van der Waals surface area contributed by atoms with Gasteiger partial charge in [-0.2, -0.15) is 0 Å². The standard InChI is InChI=1S/C24H20ClN3O3/c1-30-20-3-2-4-21(14-20)31-23-10-9-19(25)13-22(23)27-24(29)18-7-5-17(6-8-18)15-28-12-11-26-16-28/h2-14,16H,15H2,1H3,(H,27,29). The first-order valence-corrected chi connectivity index (χ1v) is 9.96. The van der Waals surface area contributed by atoms with Gasteiger partial charge in [0.05, 0.1) is 19.1 Å². The first kappa shape index (κ1) is 20.5. The van der Waals surface area contributed by atoms with E-state index >= 15 is 0 Å². The van der Waals surface area contributed by atoms with Crippen LogP contribution in [-0.2, 0) is 6.54 Å². The molecule has 4 aromatic rings. The Hall–Kier alpha value is -3.77. The van der Waals surface area contributed by atoms with Crippen LogP contribution in [0.5, 0.6) is 17.2 Å². The number of hydrogen-bond donors (Lipinski definition) is 1. The lowest BCUT2D eigenvalue weighted by Gasteiger charge is -2.13. The minimum atomic E-state index is -0.257. The van der Waals surface area contributed by atoms with Crippen LogP contribution >= 0.6 is 11.6 Å². The summed E-state index contributed by atoms with van der Waals surface area (Å²) in [7, 11) is 1.59. The van der Waals surface area contributed by atoms with Crippen molar-refractivity contribution in [2.24, 2.45) is 0 Å². The Kier molecular flexibility index (Phi) is 6.19. The number of hydrogen-bond acceptors (Lipinski definition) is 4. The van der Waals surface area contributed by atoms with Crippen LogP contribution in [0.15, 0.2) is 85.5 Å². The van der Waals surface area contributed by atoms with Gasteiger partial charge < -0.3 is 19.4 Å². The monoisotopic (exact) mass is 433 g/mol. The van der Waals surface area contributed by atoms with Gasteiger partial charge in [-0.3, -0.25) is 4.79 Å². The van der Waals surface area contributed by atoms with Crippen LogP contribution in [0.2, 0.25) is 5.02 Å². The number of aromatic nitrogens is 2. The van der Waals surface area contributed by atoms with Crippen molar-refractivity contribution in [1.82, 2.24) is 9.55 Å². The molecule has 0 saturated heterocycles. The molecule has 1 N–H and O–H groups in total. The van der Waals surface area contributed by atoms with E-state index in [2.05, 4.69) is 10.3 Å². The normalized spacial score (nSPS) is 10.5. The van der Waals surface area contributed by atoms with E-state index in [0.29, 0.717) is 40.1 Å². The molecular weight excluding hydrogens is 414 g/mol. The lowest BCUT2D eigenvalue weighted by Crippen LogP contribution is -2.12. The fourth-order valence-electron chi connectivity index (χ4n) is 3.03. The highest BCUT2D eigenvalue weighted by Gasteiger charge is 2.12. The van der Waals surface area contributed by atoms with Gasteiger partial charge in [0.2, 0.25) is 0 Å². The van der Waals surface area contributed by atoms with E-state index in [9.17, 15) is 4.79 Å². The SMILES string of the molecule is COc1cccc(Oc2ccc(Cl)cc2NC(=O)c2ccc(Cn3ccnc3)cc2)c1. The molecular formula is C24H20ClN3O3. The zero-order chi connectivity index (χ0) is 21.6. The second kappa shape index (κ2) is 9.36. The number of carbonyl (C=O) groups excluding carboxylic acids is 1. The van der Waals surface area contributed by atoms with E-state index in [0.717, 1.165) is 5.56 Å². The maximum atomic E-state index is 12.8. The zero-order valence-electron chi connectivity index (χ0n) is 16.8. The molecule has 0 fully saturated rings. The summed E-state index contributed by atoms with van der Waals surface area (Å²) in [5.74, 6) is 1.48. The number of carbonyl (C=O) groups is 1. The lowest BCUT2D eigenvalue weighted by atomic mass is 10.1. The van der Waals surface area contributed by atoms with E-state index in [-0.39, 0.29) is 5.91 Å². The third-order valence-electron chi connectivity index (χ3n) is 4.60. The summed E-state index contributed by atoms with van der Waals surface area (Å²) >= 11 is 6.15. The Labute approximate surface area is 185 Å². The van der Waals surface area contributed by atoms with Crippen LogP contribution in [-0.4, -0.2) is 22.6 Å². The molecule has 0 aliphatic heterocycles. The molecule has 0 unspecified atom stereocenters. The second-order valence-electron chi connectivity index (χ2n) is 6.81. The Bertz CT molecular complexity index is 1180. The molecule has 0 atom stereocenters. The largest absolute Gasteiger partial charge is 0.497 e. The van der Waals surface area contributed by atoms with Gasteiger partial charge in [-0.05, 0) is 48.0 Å². The van der Waals surface area contributed by atoms with E-state index in [1.54, 1.807) is 56.0 Å². The Morgan fingerprint density at radius 2 is 1.87 bits per heavy atom. The predicted octanol–water partition coefficient (Wildman–Crippen LogP) is 5.64. The molecule has 156 valence electrons. The number of nitrogens with zero attached hydrogens (tertiary/aromatic N) is 2. The molecule has 1 aromatic heterocycles. The predicted molar refractivity (Wildman–Crippen MR) is 120 cm³/mol. The Balaban J connectivity index is 1.50. The summed E-state index contributed by atoms with van der Waals surface area (Å²) in [5, 5.41) is 3.38. The first-order chi connectivity index (χ1) is 15.1. The average molecular weight is 434 g/mol. The van der Waals surface area contributed by atoms with Crippen molar-refractivity contribution in [3.8, 4) is 17.2 Å². The fraction of sp³-hybridized carbons (Fsp3) is 0.0833. The summed E-state index contributed by atoms with van der Waals surface area (Å²) in [6, 6.07) is 19.7. The van der Waals surface area contributed by atoms with E-state index < -0.39 is 0 Å². The van der Waals surface area contributed by atoms with Crippen molar-refractivity contribution in [2.75, 3.05) is 12.4 Å². The third kappa shape index (κ3) is 5.24. The Morgan fingerprint density at radius 3 is 2.61 bits per heavy atom. The van der Waals surface area contributed by atoms with Crippen molar-refractivity contribution < 1.29 is 14.3 Å². The van der Waals surface area contributed by atoms with Crippen molar-refractivity contribution in [3.05, 3.63) is 102 Å². The molecule has 0 aliphatic carbocycles. The van der Waals surface area contributed by atoms with Gasteiger partial charge in [0, 0.05) is 35.6 Å².